The molecule has 0 aliphatic heterocycles. The van der Waals surface area contributed by atoms with Crippen LogP contribution in [0.2, 0.25) is 0 Å². The molecule has 2 aromatic carbocycles. The number of hydrogen-bond donors (Lipinski definition) is 0. The molecule has 0 N–H and O–H groups in total. The largest absolute Gasteiger partial charge is 0.497 e. The Labute approximate surface area is 141 Å². The van der Waals surface area contributed by atoms with Crippen LogP contribution in [0.1, 0.15) is 20.7 Å². The standard InChI is InChI=1S/C18H20N2O4/c1-19(17(21)13-5-9-15(23-3)10-6-13)20(2)18(22)14-7-11-16(24-4)12-8-14/h5-12H,1-4H3. The lowest BCUT2D eigenvalue weighted by molar-refractivity contribution is 0.0186. The van der Waals surface area contributed by atoms with Crippen LogP contribution in [0.25, 0.3) is 0 Å². The van der Waals surface area contributed by atoms with Gasteiger partial charge in [0, 0.05) is 25.2 Å². The van der Waals surface area contributed by atoms with Crippen LogP contribution >= 0.6 is 0 Å². The van der Waals surface area contributed by atoms with Crippen LogP contribution in [-0.2, 0) is 0 Å². The maximum atomic E-state index is 12.5. The van der Waals surface area contributed by atoms with Gasteiger partial charge in [0.05, 0.1) is 14.2 Å². The highest BCUT2D eigenvalue weighted by Crippen LogP contribution is 2.16. The fraction of sp³-hybridized carbons (Fsp3) is 0.222. The Morgan fingerprint density at radius 2 is 0.958 bits per heavy atom. The van der Waals surface area contributed by atoms with Crippen molar-refractivity contribution in [2.75, 3.05) is 28.3 Å². The lowest BCUT2D eigenvalue weighted by Crippen LogP contribution is -2.44. The maximum Gasteiger partial charge on any atom is 0.272 e. The molecule has 0 unspecified atom stereocenters. The van der Waals surface area contributed by atoms with Gasteiger partial charge in [-0.05, 0) is 48.5 Å². The number of benzene rings is 2. The molecule has 0 atom stereocenters. The minimum atomic E-state index is -0.290. The topological polar surface area (TPSA) is 59.1 Å². The summed E-state index contributed by atoms with van der Waals surface area (Å²) < 4.78 is 10.1. The molecule has 0 aliphatic rings. The summed E-state index contributed by atoms with van der Waals surface area (Å²) in [6, 6.07) is 13.4. The van der Waals surface area contributed by atoms with Gasteiger partial charge in [0.2, 0.25) is 0 Å². The molecule has 0 aromatic heterocycles. The van der Waals surface area contributed by atoms with E-state index in [0.29, 0.717) is 22.6 Å². The summed E-state index contributed by atoms with van der Waals surface area (Å²) in [7, 11) is 6.22. The summed E-state index contributed by atoms with van der Waals surface area (Å²) in [4.78, 5) is 25.0. The van der Waals surface area contributed by atoms with E-state index < -0.39 is 0 Å². The van der Waals surface area contributed by atoms with E-state index in [1.54, 1.807) is 76.8 Å². The Morgan fingerprint density at radius 3 is 1.21 bits per heavy atom. The second kappa shape index (κ2) is 7.50. The highest BCUT2D eigenvalue weighted by molar-refractivity contribution is 5.99. The highest BCUT2D eigenvalue weighted by atomic mass is 16.5. The van der Waals surface area contributed by atoms with Crippen molar-refractivity contribution >= 4 is 11.8 Å². The van der Waals surface area contributed by atoms with Gasteiger partial charge in [-0.2, -0.15) is 0 Å². The van der Waals surface area contributed by atoms with E-state index in [1.807, 2.05) is 0 Å². The highest BCUT2D eigenvalue weighted by Gasteiger charge is 2.21. The molecule has 126 valence electrons. The second-order valence-corrected chi connectivity index (χ2v) is 5.11. The van der Waals surface area contributed by atoms with Crippen molar-refractivity contribution in [1.29, 1.82) is 0 Å². The van der Waals surface area contributed by atoms with Crippen LogP contribution in [0.3, 0.4) is 0 Å². The zero-order chi connectivity index (χ0) is 17.7. The normalized spacial score (nSPS) is 10.0. The number of hydrazine groups is 1. The SMILES string of the molecule is COc1ccc(C(=O)N(C)N(C)C(=O)c2ccc(OC)cc2)cc1. The van der Waals surface area contributed by atoms with Crippen molar-refractivity contribution < 1.29 is 19.1 Å². The molecule has 0 radical (unpaired) electrons. The van der Waals surface area contributed by atoms with Gasteiger partial charge >= 0.3 is 0 Å². The predicted octanol–water partition coefficient (Wildman–Crippen LogP) is 2.46. The Hall–Kier alpha value is -3.02. The summed E-state index contributed by atoms with van der Waals surface area (Å²) >= 11 is 0. The van der Waals surface area contributed by atoms with E-state index in [2.05, 4.69) is 0 Å². The number of amides is 2. The first-order valence-electron chi connectivity index (χ1n) is 7.32. The number of rotatable bonds is 4. The van der Waals surface area contributed by atoms with Gasteiger partial charge in [-0.1, -0.05) is 0 Å². The van der Waals surface area contributed by atoms with Crippen LogP contribution in [0.15, 0.2) is 48.5 Å². The molecular weight excluding hydrogens is 308 g/mol. The van der Waals surface area contributed by atoms with Crippen LogP contribution in [-0.4, -0.2) is 50.1 Å². The fourth-order valence-corrected chi connectivity index (χ4v) is 2.11. The molecule has 24 heavy (non-hydrogen) atoms. The molecule has 0 spiro atoms. The summed E-state index contributed by atoms with van der Waals surface area (Å²) in [5.74, 6) is 0.748. The van der Waals surface area contributed by atoms with E-state index in [-0.39, 0.29) is 11.8 Å². The van der Waals surface area contributed by atoms with Gasteiger partial charge in [-0.3, -0.25) is 19.6 Å². The maximum absolute atomic E-state index is 12.5. The molecule has 0 saturated carbocycles. The molecule has 0 heterocycles. The lowest BCUT2D eigenvalue weighted by Gasteiger charge is -2.28. The number of hydrogen-bond acceptors (Lipinski definition) is 4. The van der Waals surface area contributed by atoms with Crippen LogP contribution in [0, 0.1) is 0 Å². The average molecular weight is 328 g/mol. The van der Waals surface area contributed by atoms with Gasteiger partial charge in [0.1, 0.15) is 11.5 Å². The predicted molar refractivity (Wildman–Crippen MR) is 90.2 cm³/mol. The number of carbonyl (C=O) groups excluding carboxylic acids is 2. The first-order valence-corrected chi connectivity index (χ1v) is 7.32. The third-order valence-electron chi connectivity index (χ3n) is 3.71. The van der Waals surface area contributed by atoms with Crippen LogP contribution in [0.5, 0.6) is 11.5 Å². The summed E-state index contributed by atoms with van der Waals surface area (Å²) in [6.07, 6.45) is 0. The van der Waals surface area contributed by atoms with Crippen LogP contribution in [0.4, 0.5) is 0 Å². The minimum Gasteiger partial charge on any atom is -0.497 e. The Bertz CT molecular complexity index is 647. The van der Waals surface area contributed by atoms with Crippen molar-refractivity contribution in [2.45, 2.75) is 0 Å². The third kappa shape index (κ3) is 3.65. The van der Waals surface area contributed by atoms with Crippen molar-refractivity contribution in [1.82, 2.24) is 10.0 Å². The molecule has 0 fully saturated rings. The monoisotopic (exact) mass is 328 g/mol. The summed E-state index contributed by atoms with van der Waals surface area (Å²) in [6.45, 7) is 0. The molecule has 6 heteroatoms. The van der Waals surface area contributed by atoms with Gasteiger partial charge in [-0.25, -0.2) is 0 Å². The minimum absolute atomic E-state index is 0.290. The molecule has 0 bridgehead atoms. The van der Waals surface area contributed by atoms with E-state index in [0.717, 1.165) is 0 Å². The van der Waals surface area contributed by atoms with Crippen molar-refractivity contribution in [2.24, 2.45) is 0 Å². The zero-order valence-electron chi connectivity index (χ0n) is 14.1. The van der Waals surface area contributed by atoms with Gasteiger partial charge in [-0.15, -0.1) is 0 Å². The zero-order valence-corrected chi connectivity index (χ0v) is 14.1. The summed E-state index contributed by atoms with van der Waals surface area (Å²) in [5, 5.41) is 2.54. The van der Waals surface area contributed by atoms with Gasteiger partial charge < -0.3 is 9.47 Å². The lowest BCUT2D eigenvalue weighted by atomic mass is 10.2. The van der Waals surface area contributed by atoms with Gasteiger partial charge in [0.15, 0.2) is 0 Å². The van der Waals surface area contributed by atoms with E-state index in [9.17, 15) is 9.59 Å². The Kier molecular flexibility index (Phi) is 5.42. The molecule has 2 aromatic rings. The molecule has 0 aliphatic carbocycles. The van der Waals surface area contributed by atoms with E-state index >= 15 is 0 Å². The quantitative estimate of drug-likeness (QED) is 0.809. The Balaban J connectivity index is 2.12. The third-order valence-corrected chi connectivity index (χ3v) is 3.71. The first-order chi connectivity index (χ1) is 11.5. The number of nitrogens with zero attached hydrogens (tertiary/aromatic N) is 2. The summed E-state index contributed by atoms with van der Waals surface area (Å²) in [5.41, 5.74) is 0.931. The molecule has 2 amide bonds. The molecular formula is C18H20N2O4. The van der Waals surface area contributed by atoms with E-state index in [4.69, 9.17) is 9.47 Å². The average Bonchev–Trinajstić information content (AvgIpc) is 2.65. The molecule has 0 saturated heterocycles. The van der Waals surface area contributed by atoms with Crippen molar-refractivity contribution in [3.63, 3.8) is 0 Å². The fourth-order valence-electron chi connectivity index (χ4n) is 2.11. The van der Waals surface area contributed by atoms with Gasteiger partial charge in [0.25, 0.3) is 11.8 Å². The van der Waals surface area contributed by atoms with Crippen molar-refractivity contribution in [3.05, 3.63) is 59.7 Å². The Morgan fingerprint density at radius 1 is 0.667 bits per heavy atom. The number of ether oxygens (including phenoxy) is 2. The van der Waals surface area contributed by atoms with E-state index in [1.165, 1.54) is 10.0 Å². The first kappa shape index (κ1) is 17.3. The smallest absolute Gasteiger partial charge is 0.272 e. The van der Waals surface area contributed by atoms with Crippen LogP contribution < -0.4 is 9.47 Å². The number of carbonyl (C=O) groups is 2. The molecule has 2 rings (SSSR count). The second-order valence-electron chi connectivity index (χ2n) is 5.11. The molecule has 6 nitrogen and oxygen atoms in total. The number of methoxy groups -OCH3 is 2. The van der Waals surface area contributed by atoms with Crippen molar-refractivity contribution in [3.8, 4) is 11.5 Å².